The number of nitrogens with two attached hydrogens (primary N) is 2. The number of benzene rings is 1. The number of rotatable bonds is 6. The topological polar surface area (TPSA) is 101 Å². The third kappa shape index (κ3) is 4.09. The molecule has 0 aromatic heterocycles. The van der Waals surface area contributed by atoms with Crippen molar-refractivity contribution in [1.82, 2.24) is 4.90 Å². The van der Waals surface area contributed by atoms with Gasteiger partial charge in [0, 0.05) is 19.1 Å². The Morgan fingerprint density at radius 3 is 2.62 bits per heavy atom. The normalized spacial score (nSPS) is 16.5. The first-order chi connectivity index (χ1) is 9.89. The van der Waals surface area contributed by atoms with Crippen LogP contribution in [0.3, 0.4) is 0 Å². The van der Waals surface area contributed by atoms with E-state index in [1.165, 1.54) is 31.7 Å². The summed E-state index contributed by atoms with van der Waals surface area (Å²) in [6.07, 6.45) is 5.15. The molecule has 0 atom stereocenters. The van der Waals surface area contributed by atoms with Gasteiger partial charge in [-0.25, -0.2) is 13.6 Å². The molecule has 1 saturated carbocycles. The van der Waals surface area contributed by atoms with Gasteiger partial charge in [0.2, 0.25) is 10.0 Å². The zero-order valence-electron chi connectivity index (χ0n) is 12.4. The molecule has 2 rings (SSSR count). The first-order valence-electron chi connectivity index (χ1n) is 7.25. The second-order valence-electron chi connectivity index (χ2n) is 5.61. The van der Waals surface area contributed by atoms with E-state index in [0.717, 1.165) is 6.54 Å². The minimum absolute atomic E-state index is 0.0309. The van der Waals surface area contributed by atoms with E-state index in [9.17, 15) is 8.42 Å². The number of nitrogen functional groups attached to an aromatic ring is 1. The highest BCUT2D eigenvalue weighted by atomic mass is 32.2. The predicted octanol–water partition coefficient (Wildman–Crippen LogP) is 1.20. The highest BCUT2D eigenvalue weighted by Gasteiger charge is 2.19. The number of anilines is 2. The molecule has 1 aliphatic carbocycles. The van der Waals surface area contributed by atoms with Gasteiger partial charge in [0.15, 0.2) is 0 Å². The number of sulfonamides is 1. The molecule has 0 amide bonds. The summed E-state index contributed by atoms with van der Waals surface area (Å²) in [6.45, 7) is 1.61. The Kier molecular flexibility index (Phi) is 5.08. The summed E-state index contributed by atoms with van der Waals surface area (Å²) in [5.74, 6) is 0. The monoisotopic (exact) mass is 312 g/mol. The molecule has 0 heterocycles. The van der Waals surface area contributed by atoms with E-state index in [2.05, 4.69) is 17.3 Å². The Morgan fingerprint density at radius 2 is 2.00 bits per heavy atom. The molecule has 0 spiro atoms. The molecule has 1 aromatic carbocycles. The van der Waals surface area contributed by atoms with Gasteiger partial charge in [-0.2, -0.15) is 0 Å². The van der Waals surface area contributed by atoms with Gasteiger partial charge in [-0.3, -0.25) is 0 Å². The summed E-state index contributed by atoms with van der Waals surface area (Å²) in [5, 5.41) is 8.34. The minimum Gasteiger partial charge on any atom is -0.396 e. The Labute approximate surface area is 126 Å². The van der Waals surface area contributed by atoms with Gasteiger partial charge >= 0.3 is 0 Å². The zero-order chi connectivity index (χ0) is 15.5. The lowest BCUT2D eigenvalue weighted by atomic mass is 10.2. The highest BCUT2D eigenvalue weighted by Crippen LogP contribution is 2.26. The number of para-hydroxylation sites is 1. The Hall–Kier alpha value is -1.31. The second-order valence-corrected chi connectivity index (χ2v) is 7.14. The van der Waals surface area contributed by atoms with Crippen molar-refractivity contribution in [1.29, 1.82) is 0 Å². The third-order valence-corrected chi connectivity index (χ3v) is 5.07. The number of primary sulfonamides is 1. The smallest absolute Gasteiger partial charge is 0.240 e. The molecule has 1 aliphatic rings. The molecular weight excluding hydrogens is 288 g/mol. The summed E-state index contributed by atoms with van der Waals surface area (Å²) >= 11 is 0. The first kappa shape index (κ1) is 16.1. The minimum atomic E-state index is -3.79. The van der Waals surface area contributed by atoms with Crippen molar-refractivity contribution >= 4 is 21.4 Å². The molecule has 7 heteroatoms. The van der Waals surface area contributed by atoms with Crippen LogP contribution in [0.15, 0.2) is 23.1 Å². The average molecular weight is 312 g/mol. The van der Waals surface area contributed by atoms with Crippen LogP contribution in [0, 0.1) is 0 Å². The van der Waals surface area contributed by atoms with Gasteiger partial charge in [0.05, 0.1) is 11.4 Å². The van der Waals surface area contributed by atoms with Crippen LogP contribution in [0.4, 0.5) is 11.4 Å². The van der Waals surface area contributed by atoms with Crippen molar-refractivity contribution in [3.05, 3.63) is 18.2 Å². The van der Waals surface area contributed by atoms with Gasteiger partial charge in [0.1, 0.15) is 4.90 Å². The number of hydrogen-bond donors (Lipinski definition) is 3. The Balaban J connectivity index is 1.94. The largest absolute Gasteiger partial charge is 0.396 e. The van der Waals surface area contributed by atoms with Crippen LogP contribution in [-0.2, 0) is 10.0 Å². The van der Waals surface area contributed by atoms with Gasteiger partial charge in [-0.05, 0) is 32.0 Å². The van der Waals surface area contributed by atoms with Crippen LogP contribution >= 0.6 is 0 Å². The fourth-order valence-electron chi connectivity index (χ4n) is 2.84. The van der Waals surface area contributed by atoms with Gasteiger partial charge in [-0.15, -0.1) is 0 Å². The van der Waals surface area contributed by atoms with E-state index in [4.69, 9.17) is 10.9 Å². The van der Waals surface area contributed by atoms with E-state index in [1.54, 1.807) is 12.1 Å². The molecule has 21 heavy (non-hydrogen) atoms. The first-order valence-corrected chi connectivity index (χ1v) is 8.79. The maximum Gasteiger partial charge on any atom is 0.240 e. The fraction of sp³-hybridized carbons (Fsp3) is 0.571. The number of nitrogens with zero attached hydrogens (tertiary/aromatic N) is 1. The van der Waals surface area contributed by atoms with Crippen LogP contribution in [0.5, 0.6) is 0 Å². The SMILES string of the molecule is CN(CCNc1cccc(S(N)(=O)=O)c1N)C1CCCC1. The molecule has 6 nitrogen and oxygen atoms in total. The van der Waals surface area contributed by atoms with Crippen LogP contribution in [0.2, 0.25) is 0 Å². The van der Waals surface area contributed by atoms with Crippen LogP contribution < -0.4 is 16.2 Å². The lowest BCUT2D eigenvalue weighted by Gasteiger charge is -2.24. The molecule has 0 saturated heterocycles. The van der Waals surface area contributed by atoms with E-state index in [0.29, 0.717) is 18.3 Å². The molecule has 0 radical (unpaired) electrons. The van der Waals surface area contributed by atoms with Crippen LogP contribution in [0.1, 0.15) is 25.7 Å². The predicted molar refractivity (Wildman–Crippen MR) is 85.6 cm³/mol. The van der Waals surface area contributed by atoms with E-state index in [-0.39, 0.29) is 10.6 Å². The molecule has 0 aliphatic heterocycles. The standard InChI is InChI=1S/C14H24N4O2S/c1-18(11-5-2-3-6-11)10-9-17-12-7-4-8-13(14(12)15)21(16,19)20/h4,7-8,11,17H,2-3,5-6,9-10,15H2,1H3,(H2,16,19,20). The number of likely N-dealkylation sites (N-methyl/N-ethyl adjacent to an activating group) is 1. The van der Waals surface area contributed by atoms with Crippen molar-refractivity contribution in [3.63, 3.8) is 0 Å². The fourth-order valence-corrected chi connectivity index (χ4v) is 3.53. The van der Waals surface area contributed by atoms with Crippen molar-refractivity contribution in [2.75, 3.05) is 31.2 Å². The van der Waals surface area contributed by atoms with Crippen molar-refractivity contribution < 1.29 is 8.42 Å². The Bertz CT molecular complexity index is 583. The molecule has 0 bridgehead atoms. The molecule has 5 N–H and O–H groups in total. The summed E-state index contributed by atoms with van der Waals surface area (Å²) in [5.41, 5.74) is 6.67. The maximum absolute atomic E-state index is 11.4. The highest BCUT2D eigenvalue weighted by molar-refractivity contribution is 7.89. The summed E-state index contributed by atoms with van der Waals surface area (Å²) < 4.78 is 22.8. The molecule has 1 aromatic rings. The molecular formula is C14H24N4O2S. The average Bonchev–Trinajstić information content (AvgIpc) is 2.93. The van der Waals surface area contributed by atoms with Crippen molar-refractivity contribution in [2.45, 2.75) is 36.6 Å². The number of hydrogen-bond acceptors (Lipinski definition) is 5. The van der Waals surface area contributed by atoms with E-state index < -0.39 is 10.0 Å². The lowest BCUT2D eigenvalue weighted by molar-refractivity contribution is 0.254. The van der Waals surface area contributed by atoms with Gasteiger partial charge in [0.25, 0.3) is 0 Å². The van der Waals surface area contributed by atoms with Crippen molar-refractivity contribution in [3.8, 4) is 0 Å². The molecule has 1 fully saturated rings. The lowest BCUT2D eigenvalue weighted by Crippen LogP contribution is -2.33. The maximum atomic E-state index is 11.4. The summed E-state index contributed by atoms with van der Waals surface area (Å²) in [4.78, 5) is 2.32. The molecule has 0 unspecified atom stereocenters. The quantitative estimate of drug-likeness (QED) is 0.685. The number of nitrogens with one attached hydrogen (secondary N) is 1. The molecule has 118 valence electrons. The van der Waals surface area contributed by atoms with Crippen LogP contribution in [-0.4, -0.2) is 39.5 Å². The van der Waals surface area contributed by atoms with E-state index in [1.807, 2.05) is 0 Å². The zero-order valence-corrected chi connectivity index (χ0v) is 13.2. The van der Waals surface area contributed by atoms with Gasteiger partial charge in [-0.1, -0.05) is 18.9 Å². The second kappa shape index (κ2) is 6.64. The van der Waals surface area contributed by atoms with Crippen molar-refractivity contribution in [2.24, 2.45) is 5.14 Å². The van der Waals surface area contributed by atoms with Crippen LogP contribution in [0.25, 0.3) is 0 Å². The summed E-state index contributed by atoms with van der Waals surface area (Å²) in [7, 11) is -1.66. The third-order valence-electron chi connectivity index (χ3n) is 4.10. The van der Waals surface area contributed by atoms with E-state index >= 15 is 0 Å². The Morgan fingerprint density at radius 1 is 1.33 bits per heavy atom. The van der Waals surface area contributed by atoms with Gasteiger partial charge < -0.3 is 16.0 Å². The summed E-state index contributed by atoms with van der Waals surface area (Å²) in [6, 6.07) is 5.49.